The molecule has 21 heavy (non-hydrogen) atoms. The minimum absolute atomic E-state index is 0.162. The molecule has 0 bridgehead atoms. The third-order valence-corrected chi connectivity index (χ3v) is 3.82. The lowest BCUT2D eigenvalue weighted by molar-refractivity contribution is -0.153. The van der Waals surface area contributed by atoms with Crippen molar-refractivity contribution in [3.05, 3.63) is 71.8 Å². The second-order valence-corrected chi connectivity index (χ2v) is 5.30. The molecule has 0 N–H and O–H groups in total. The van der Waals surface area contributed by atoms with Crippen molar-refractivity contribution in [2.45, 2.75) is 19.1 Å². The molecule has 0 spiro atoms. The molecule has 1 heterocycles. The van der Waals surface area contributed by atoms with Crippen LogP contribution in [0.3, 0.4) is 0 Å². The van der Waals surface area contributed by atoms with Crippen molar-refractivity contribution >= 4 is 5.97 Å². The van der Waals surface area contributed by atoms with Crippen LogP contribution in [0.15, 0.2) is 60.7 Å². The third kappa shape index (κ3) is 3.31. The van der Waals surface area contributed by atoms with Gasteiger partial charge in [-0.25, -0.2) is 4.79 Å². The number of nitrogens with zero attached hydrogens (tertiary/aromatic N) is 1. The van der Waals surface area contributed by atoms with E-state index in [0.29, 0.717) is 6.61 Å². The Hall–Kier alpha value is -2.13. The Morgan fingerprint density at radius 2 is 1.62 bits per heavy atom. The Labute approximate surface area is 125 Å². The molecule has 1 aliphatic rings. The van der Waals surface area contributed by atoms with Crippen LogP contribution < -0.4 is 0 Å². The molecule has 1 aliphatic heterocycles. The van der Waals surface area contributed by atoms with Crippen molar-refractivity contribution in [1.82, 2.24) is 4.90 Å². The molecule has 1 fully saturated rings. The number of hydrogen-bond donors (Lipinski definition) is 0. The predicted octanol–water partition coefficient (Wildman–Crippen LogP) is 3.18. The Morgan fingerprint density at radius 3 is 2.19 bits per heavy atom. The first-order valence-corrected chi connectivity index (χ1v) is 7.34. The second kappa shape index (κ2) is 6.55. The summed E-state index contributed by atoms with van der Waals surface area (Å²) in [5, 5.41) is 0. The van der Waals surface area contributed by atoms with Gasteiger partial charge in [-0.3, -0.25) is 4.90 Å². The summed E-state index contributed by atoms with van der Waals surface area (Å²) in [6, 6.07) is 19.4. The largest absolute Gasteiger partial charge is 0.459 e. The van der Waals surface area contributed by atoms with Crippen molar-refractivity contribution < 1.29 is 9.53 Å². The summed E-state index contributed by atoms with van der Waals surface area (Å²) >= 11 is 0. The summed E-state index contributed by atoms with van der Waals surface area (Å²) in [6.07, 6.45) is 1.15. The molecule has 0 aromatic heterocycles. The van der Waals surface area contributed by atoms with Crippen LogP contribution in [0.5, 0.6) is 0 Å². The normalized spacial score (nSPS) is 16.0. The van der Waals surface area contributed by atoms with Gasteiger partial charge in [0.2, 0.25) is 0 Å². The summed E-state index contributed by atoms with van der Waals surface area (Å²) in [5.41, 5.74) is 2.02. The topological polar surface area (TPSA) is 29.5 Å². The lowest BCUT2D eigenvalue weighted by Crippen LogP contribution is -2.44. The maximum atomic E-state index is 12.5. The van der Waals surface area contributed by atoms with Crippen LogP contribution in [-0.4, -0.2) is 24.0 Å². The number of ether oxygens (including phenoxy) is 1. The van der Waals surface area contributed by atoms with Crippen LogP contribution in [0, 0.1) is 0 Å². The molecule has 3 nitrogen and oxygen atoms in total. The van der Waals surface area contributed by atoms with E-state index in [1.807, 2.05) is 60.7 Å². The monoisotopic (exact) mass is 281 g/mol. The van der Waals surface area contributed by atoms with Gasteiger partial charge in [0.1, 0.15) is 12.6 Å². The molecule has 2 aromatic rings. The lowest BCUT2D eigenvalue weighted by atomic mass is 10.0. The molecule has 3 rings (SSSR count). The fourth-order valence-electron chi connectivity index (χ4n) is 2.54. The van der Waals surface area contributed by atoms with E-state index < -0.39 is 0 Å². The van der Waals surface area contributed by atoms with Crippen LogP contribution in [0.25, 0.3) is 0 Å². The van der Waals surface area contributed by atoms with Gasteiger partial charge in [-0.15, -0.1) is 0 Å². The van der Waals surface area contributed by atoms with Gasteiger partial charge in [0.05, 0.1) is 0 Å². The highest BCUT2D eigenvalue weighted by Gasteiger charge is 2.32. The van der Waals surface area contributed by atoms with E-state index in [2.05, 4.69) is 4.90 Å². The molecule has 0 amide bonds. The predicted molar refractivity (Wildman–Crippen MR) is 81.6 cm³/mol. The smallest absolute Gasteiger partial charge is 0.328 e. The molecule has 1 unspecified atom stereocenters. The number of esters is 1. The third-order valence-electron chi connectivity index (χ3n) is 3.82. The zero-order valence-electron chi connectivity index (χ0n) is 11.9. The Kier molecular flexibility index (Phi) is 4.31. The fraction of sp³-hybridized carbons (Fsp3) is 0.278. The summed E-state index contributed by atoms with van der Waals surface area (Å²) in [7, 11) is 0. The van der Waals surface area contributed by atoms with Crippen LogP contribution in [0.1, 0.15) is 23.6 Å². The summed E-state index contributed by atoms with van der Waals surface area (Å²) in [6.45, 7) is 2.25. The quantitative estimate of drug-likeness (QED) is 0.788. The summed E-state index contributed by atoms with van der Waals surface area (Å²) in [5.74, 6) is -0.162. The van der Waals surface area contributed by atoms with Gasteiger partial charge in [0.25, 0.3) is 0 Å². The van der Waals surface area contributed by atoms with Gasteiger partial charge in [-0.2, -0.15) is 0 Å². The van der Waals surface area contributed by atoms with Gasteiger partial charge in [-0.1, -0.05) is 60.7 Å². The summed E-state index contributed by atoms with van der Waals surface area (Å²) in [4.78, 5) is 14.7. The first-order chi connectivity index (χ1) is 10.3. The lowest BCUT2D eigenvalue weighted by Gasteiger charge is -2.37. The minimum Gasteiger partial charge on any atom is -0.459 e. The maximum Gasteiger partial charge on any atom is 0.328 e. The molecule has 1 atom stereocenters. The van der Waals surface area contributed by atoms with Gasteiger partial charge < -0.3 is 4.74 Å². The number of hydrogen-bond acceptors (Lipinski definition) is 3. The standard InChI is InChI=1S/C18H19NO2/c20-18(21-14-15-8-3-1-4-9-15)17(19-12-7-13-19)16-10-5-2-6-11-16/h1-6,8-11,17H,7,12-14H2. The maximum absolute atomic E-state index is 12.5. The minimum atomic E-state index is -0.274. The van der Waals surface area contributed by atoms with Gasteiger partial charge in [0.15, 0.2) is 0 Å². The van der Waals surface area contributed by atoms with E-state index in [1.54, 1.807) is 0 Å². The van der Waals surface area contributed by atoms with E-state index in [0.717, 1.165) is 30.6 Å². The number of carbonyl (C=O) groups is 1. The van der Waals surface area contributed by atoms with Crippen LogP contribution >= 0.6 is 0 Å². The van der Waals surface area contributed by atoms with E-state index in [-0.39, 0.29) is 12.0 Å². The van der Waals surface area contributed by atoms with Gasteiger partial charge in [0, 0.05) is 13.1 Å². The first-order valence-electron chi connectivity index (χ1n) is 7.34. The number of benzene rings is 2. The summed E-state index contributed by atoms with van der Waals surface area (Å²) < 4.78 is 5.52. The average Bonchev–Trinajstić information content (AvgIpc) is 2.50. The average molecular weight is 281 g/mol. The van der Waals surface area contributed by atoms with Crippen molar-refractivity contribution in [1.29, 1.82) is 0 Å². The number of rotatable bonds is 5. The second-order valence-electron chi connectivity index (χ2n) is 5.30. The molecule has 3 heteroatoms. The molecule has 0 saturated carbocycles. The number of carbonyl (C=O) groups excluding carboxylic acids is 1. The van der Waals surface area contributed by atoms with Crippen molar-refractivity contribution in [3.8, 4) is 0 Å². The molecule has 2 aromatic carbocycles. The molecular formula is C18H19NO2. The molecule has 0 radical (unpaired) electrons. The zero-order chi connectivity index (χ0) is 14.5. The highest BCUT2D eigenvalue weighted by atomic mass is 16.5. The van der Waals surface area contributed by atoms with Crippen molar-refractivity contribution in [2.75, 3.05) is 13.1 Å². The van der Waals surface area contributed by atoms with E-state index in [4.69, 9.17) is 4.74 Å². The fourth-order valence-corrected chi connectivity index (χ4v) is 2.54. The molecule has 108 valence electrons. The van der Waals surface area contributed by atoms with Crippen LogP contribution in [-0.2, 0) is 16.1 Å². The SMILES string of the molecule is O=C(OCc1ccccc1)C(c1ccccc1)N1CCC1. The molecular weight excluding hydrogens is 262 g/mol. The highest BCUT2D eigenvalue weighted by molar-refractivity contribution is 5.77. The van der Waals surface area contributed by atoms with Crippen molar-refractivity contribution in [3.63, 3.8) is 0 Å². The Morgan fingerprint density at radius 1 is 1.00 bits per heavy atom. The Balaban J connectivity index is 1.69. The van der Waals surface area contributed by atoms with Gasteiger partial charge >= 0.3 is 5.97 Å². The zero-order valence-corrected chi connectivity index (χ0v) is 11.9. The van der Waals surface area contributed by atoms with Crippen molar-refractivity contribution in [2.24, 2.45) is 0 Å². The Bertz CT molecular complexity index is 579. The van der Waals surface area contributed by atoms with Gasteiger partial charge in [-0.05, 0) is 17.5 Å². The van der Waals surface area contributed by atoms with E-state index in [1.165, 1.54) is 0 Å². The first kappa shape index (κ1) is 13.8. The van der Waals surface area contributed by atoms with E-state index >= 15 is 0 Å². The van der Waals surface area contributed by atoms with Crippen LogP contribution in [0.2, 0.25) is 0 Å². The molecule has 1 saturated heterocycles. The number of likely N-dealkylation sites (tertiary alicyclic amines) is 1. The van der Waals surface area contributed by atoms with Crippen LogP contribution in [0.4, 0.5) is 0 Å². The van der Waals surface area contributed by atoms with E-state index in [9.17, 15) is 4.79 Å². The molecule has 0 aliphatic carbocycles. The highest BCUT2D eigenvalue weighted by Crippen LogP contribution is 2.27.